The van der Waals surface area contributed by atoms with Gasteiger partial charge < -0.3 is 5.73 Å². The van der Waals surface area contributed by atoms with E-state index in [0.717, 1.165) is 5.56 Å². The van der Waals surface area contributed by atoms with Crippen molar-refractivity contribution < 1.29 is 9.59 Å². The number of nitrogens with zero attached hydrogens (tertiary/aromatic N) is 2. The second-order valence-corrected chi connectivity index (χ2v) is 5.36. The Labute approximate surface area is 121 Å². The van der Waals surface area contributed by atoms with Crippen molar-refractivity contribution in [1.82, 2.24) is 10.2 Å². The molecule has 6 heteroatoms. The predicted molar refractivity (Wildman–Crippen MR) is 77.4 cm³/mol. The first-order valence-corrected chi connectivity index (χ1v) is 6.73. The molecule has 21 heavy (non-hydrogen) atoms. The van der Waals surface area contributed by atoms with Crippen LogP contribution in [-0.2, 0) is 21.5 Å². The van der Waals surface area contributed by atoms with E-state index in [-0.39, 0.29) is 24.8 Å². The van der Waals surface area contributed by atoms with Crippen LogP contribution in [0.2, 0.25) is 0 Å². The van der Waals surface area contributed by atoms with Crippen LogP contribution in [0.3, 0.4) is 0 Å². The summed E-state index contributed by atoms with van der Waals surface area (Å²) in [5.41, 5.74) is 6.25. The molecule has 3 N–H and O–H groups in total. The van der Waals surface area contributed by atoms with Crippen molar-refractivity contribution in [2.24, 2.45) is 5.73 Å². The summed E-state index contributed by atoms with van der Waals surface area (Å²) >= 11 is 0. The van der Waals surface area contributed by atoms with Crippen molar-refractivity contribution in [2.45, 2.75) is 25.3 Å². The molecule has 1 aromatic heterocycles. The molecular weight excluding hydrogens is 268 g/mol. The zero-order valence-corrected chi connectivity index (χ0v) is 11.7. The molecule has 0 aliphatic carbocycles. The maximum atomic E-state index is 12.8. The number of nitrogens with two attached hydrogens (primary N) is 1. The summed E-state index contributed by atoms with van der Waals surface area (Å²) in [5.74, 6) is -0.116. The van der Waals surface area contributed by atoms with E-state index in [4.69, 9.17) is 5.73 Å². The SMILES string of the molecule is CC1(c2ccccc2)CC(=O)N(c2[nH]ncc2CN)C1=O. The van der Waals surface area contributed by atoms with Crippen molar-refractivity contribution in [3.63, 3.8) is 0 Å². The van der Waals surface area contributed by atoms with Gasteiger partial charge in [0, 0.05) is 18.5 Å². The molecule has 1 saturated heterocycles. The second kappa shape index (κ2) is 4.82. The smallest absolute Gasteiger partial charge is 0.245 e. The summed E-state index contributed by atoms with van der Waals surface area (Å²) in [4.78, 5) is 26.3. The molecule has 0 bridgehead atoms. The summed E-state index contributed by atoms with van der Waals surface area (Å²) in [6.07, 6.45) is 1.67. The minimum absolute atomic E-state index is 0.138. The molecule has 0 spiro atoms. The van der Waals surface area contributed by atoms with Gasteiger partial charge in [-0.05, 0) is 12.5 Å². The zero-order valence-electron chi connectivity index (χ0n) is 11.7. The second-order valence-electron chi connectivity index (χ2n) is 5.36. The molecule has 3 rings (SSSR count). The van der Waals surface area contributed by atoms with Crippen LogP contribution in [0.5, 0.6) is 0 Å². The van der Waals surface area contributed by atoms with Crippen LogP contribution in [0.1, 0.15) is 24.5 Å². The van der Waals surface area contributed by atoms with Crippen LogP contribution in [0, 0.1) is 0 Å². The standard InChI is InChI=1S/C15H16N4O2/c1-15(11-5-3-2-4-6-11)7-12(20)19(14(15)21)13-10(8-16)9-17-18-13/h2-6,9H,7-8,16H2,1H3,(H,17,18). The van der Waals surface area contributed by atoms with Gasteiger partial charge in [0.25, 0.3) is 0 Å². The normalized spacial score (nSPS) is 22.1. The van der Waals surface area contributed by atoms with Crippen LogP contribution in [0.25, 0.3) is 0 Å². The highest BCUT2D eigenvalue weighted by Crippen LogP contribution is 2.38. The minimum atomic E-state index is -0.852. The van der Waals surface area contributed by atoms with E-state index in [1.54, 1.807) is 6.92 Å². The Hall–Kier alpha value is -2.47. The van der Waals surface area contributed by atoms with Crippen LogP contribution < -0.4 is 10.6 Å². The summed E-state index contributed by atoms with van der Waals surface area (Å²) in [6.45, 7) is 2.01. The summed E-state index contributed by atoms with van der Waals surface area (Å²) < 4.78 is 0. The Morgan fingerprint density at radius 1 is 1.33 bits per heavy atom. The number of rotatable bonds is 3. The van der Waals surface area contributed by atoms with E-state index >= 15 is 0 Å². The number of benzene rings is 1. The number of aromatic nitrogens is 2. The average Bonchev–Trinajstić information content (AvgIpc) is 3.04. The molecule has 2 amide bonds. The first-order chi connectivity index (χ1) is 10.1. The van der Waals surface area contributed by atoms with Gasteiger partial charge in [-0.3, -0.25) is 14.7 Å². The Kier molecular flexibility index (Phi) is 3.10. The summed E-state index contributed by atoms with van der Waals surface area (Å²) in [6, 6.07) is 9.34. The van der Waals surface area contributed by atoms with Gasteiger partial charge in [-0.1, -0.05) is 30.3 Å². The van der Waals surface area contributed by atoms with Crippen molar-refractivity contribution in [2.75, 3.05) is 4.90 Å². The molecule has 1 aliphatic rings. The van der Waals surface area contributed by atoms with Gasteiger partial charge in [0.2, 0.25) is 11.8 Å². The highest BCUT2D eigenvalue weighted by molar-refractivity contribution is 6.24. The Morgan fingerprint density at radius 2 is 2.05 bits per heavy atom. The number of imide groups is 1. The number of nitrogens with one attached hydrogen (secondary N) is 1. The number of anilines is 1. The van der Waals surface area contributed by atoms with Crippen LogP contribution in [0.4, 0.5) is 5.82 Å². The van der Waals surface area contributed by atoms with Gasteiger partial charge in [-0.25, -0.2) is 4.90 Å². The third kappa shape index (κ3) is 1.95. The fourth-order valence-electron chi connectivity index (χ4n) is 2.72. The van der Waals surface area contributed by atoms with Gasteiger partial charge in [-0.15, -0.1) is 0 Å². The summed E-state index contributed by atoms with van der Waals surface area (Å²) in [5, 5.41) is 6.58. The van der Waals surface area contributed by atoms with Crippen molar-refractivity contribution >= 4 is 17.6 Å². The highest BCUT2D eigenvalue weighted by atomic mass is 16.2. The first-order valence-electron chi connectivity index (χ1n) is 6.73. The molecule has 2 heterocycles. The van der Waals surface area contributed by atoms with E-state index in [1.165, 1.54) is 11.1 Å². The predicted octanol–water partition coefficient (Wildman–Crippen LogP) is 1.09. The Bertz CT molecular complexity index is 695. The van der Waals surface area contributed by atoms with Crippen molar-refractivity contribution in [3.05, 3.63) is 47.7 Å². The quantitative estimate of drug-likeness (QED) is 0.825. The lowest BCUT2D eigenvalue weighted by Crippen LogP contribution is -2.37. The van der Waals surface area contributed by atoms with Gasteiger partial charge in [0.05, 0.1) is 11.6 Å². The number of hydrogen-bond donors (Lipinski definition) is 2. The number of carbonyl (C=O) groups is 2. The van der Waals surface area contributed by atoms with Crippen LogP contribution in [-0.4, -0.2) is 22.0 Å². The maximum Gasteiger partial charge on any atom is 0.245 e. The Balaban J connectivity index is 2.04. The molecule has 6 nitrogen and oxygen atoms in total. The molecule has 0 radical (unpaired) electrons. The van der Waals surface area contributed by atoms with E-state index < -0.39 is 5.41 Å². The third-order valence-corrected chi connectivity index (χ3v) is 3.98. The van der Waals surface area contributed by atoms with Gasteiger partial charge in [0.1, 0.15) is 5.82 Å². The molecule has 0 saturated carbocycles. The van der Waals surface area contributed by atoms with E-state index in [0.29, 0.717) is 11.4 Å². The molecule has 2 aromatic rings. The highest BCUT2D eigenvalue weighted by Gasteiger charge is 2.50. The number of hydrogen-bond acceptors (Lipinski definition) is 4. The third-order valence-electron chi connectivity index (χ3n) is 3.98. The van der Waals surface area contributed by atoms with Crippen LogP contribution >= 0.6 is 0 Å². The fourth-order valence-corrected chi connectivity index (χ4v) is 2.72. The van der Waals surface area contributed by atoms with Gasteiger partial charge >= 0.3 is 0 Å². The molecular formula is C15H16N4O2. The summed E-state index contributed by atoms with van der Waals surface area (Å²) in [7, 11) is 0. The van der Waals surface area contributed by atoms with Gasteiger partial charge in [-0.2, -0.15) is 5.10 Å². The van der Waals surface area contributed by atoms with E-state index in [1.807, 2.05) is 30.3 Å². The lowest BCUT2D eigenvalue weighted by atomic mass is 9.81. The van der Waals surface area contributed by atoms with Crippen LogP contribution in [0.15, 0.2) is 36.5 Å². The lowest BCUT2D eigenvalue weighted by Gasteiger charge is -2.22. The molecule has 108 valence electrons. The minimum Gasteiger partial charge on any atom is -0.326 e. The molecule has 1 aromatic carbocycles. The van der Waals surface area contributed by atoms with Crippen molar-refractivity contribution in [1.29, 1.82) is 0 Å². The lowest BCUT2D eigenvalue weighted by molar-refractivity contribution is -0.122. The van der Waals surface area contributed by atoms with E-state index in [9.17, 15) is 9.59 Å². The first kappa shape index (κ1) is 13.5. The number of H-pyrrole nitrogens is 1. The largest absolute Gasteiger partial charge is 0.326 e. The van der Waals surface area contributed by atoms with Crippen molar-refractivity contribution in [3.8, 4) is 0 Å². The molecule has 1 fully saturated rings. The zero-order chi connectivity index (χ0) is 15.0. The maximum absolute atomic E-state index is 12.8. The molecule has 1 atom stereocenters. The molecule has 1 unspecified atom stereocenters. The number of aromatic amines is 1. The monoisotopic (exact) mass is 284 g/mol. The number of amides is 2. The van der Waals surface area contributed by atoms with Gasteiger partial charge in [0.15, 0.2) is 0 Å². The fraction of sp³-hybridized carbons (Fsp3) is 0.267. The van der Waals surface area contributed by atoms with E-state index in [2.05, 4.69) is 10.2 Å². The number of carbonyl (C=O) groups excluding carboxylic acids is 2. The molecule has 1 aliphatic heterocycles. The average molecular weight is 284 g/mol. The topological polar surface area (TPSA) is 92.1 Å². The Morgan fingerprint density at radius 3 is 2.71 bits per heavy atom.